The summed E-state index contributed by atoms with van der Waals surface area (Å²) >= 11 is 0. The molecule has 1 fully saturated rings. The Labute approximate surface area is 153 Å². The largest absolute Gasteiger partial charge is 0.468 e. The predicted octanol–water partition coefficient (Wildman–Crippen LogP) is 4.18. The molecule has 2 amide bonds. The fourth-order valence-electron chi connectivity index (χ4n) is 2.98. The Morgan fingerprint density at radius 3 is 2.67 bits per heavy atom. The molecule has 0 bridgehead atoms. The summed E-state index contributed by atoms with van der Waals surface area (Å²) in [6.45, 7) is 2.94. The van der Waals surface area contributed by atoms with Crippen molar-refractivity contribution in [1.29, 1.82) is 0 Å². The molecule has 9 heteroatoms. The minimum atomic E-state index is -4.82. The highest BCUT2D eigenvalue weighted by molar-refractivity contribution is 5.89. The SMILES string of the molecule is O=C(Nc1ccc(F)c(C(F)(F)F)c1)N1CCCN(Cc2ccco2)CC1. The number of nitrogens with one attached hydrogen (secondary N) is 1. The molecule has 1 N–H and O–H groups in total. The number of furan rings is 1. The summed E-state index contributed by atoms with van der Waals surface area (Å²) in [7, 11) is 0. The lowest BCUT2D eigenvalue weighted by molar-refractivity contribution is -0.139. The van der Waals surface area contributed by atoms with Crippen molar-refractivity contribution in [3.63, 3.8) is 0 Å². The van der Waals surface area contributed by atoms with E-state index in [1.165, 1.54) is 0 Å². The van der Waals surface area contributed by atoms with Crippen LogP contribution in [0.1, 0.15) is 17.7 Å². The average Bonchev–Trinajstić information content (AvgIpc) is 2.99. The Morgan fingerprint density at radius 2 is 1.96 bits per heavy atom. The Bertz CT molecular complexity index is 777. The Kier molecular flexibility index (Phi) is 5.69. The lowest BCUT2D eigenvalue weighted by atomic mass is 10.2. The maximum atomic E-state index is 13.4. The third kappa shape index (κ3) is 5.00. The molecule has 1 aliphatic rings. The van der Waals surface area contributed by atoms with E-state index in [2.05, 4.69) is 10.2 Å². The zero-order valence-electron chi connectivity index (χ0n) is 14.4. The quantitative estimate of drug-likeness (QED) is 0.807. The zero-order chi connectivity index (χ0) is 19.4. The summed E-state index contributed by atoms with van der Waals surface area (Å²) in [6, 6.07) is 5.60. The number of carbonyl (C=O) groups is 1. The average molecular weight is 385 g/mol. The van der Waals surface area contributed by atoms with Crippen molar-refractivity contribution in [3.8, 4) is 0 Å². The van der Waals surface area contributed by atoms with Crippen LogP contribution in [0.25, 0.3) is 0 Å². The number of anilines is 1. The molecule has 0 radical (unpaired) electrons. The van der Waals surface area contributed by atoms with Crippen LogP contribution >= 0.6 is 0 Å². The van der Waals surface area contributed by atoms with Crippen LogP contribution in [0.2, 0.25) is 0 Å². The lowest BCUT2D eigenvalue weighted by Gasteiger charge is -2.22. The third-order valence-electron chi connectivity index (χ3n) is 4.36. The molecule has 1 aliphatic heterocycles. The second kappa shape index (κ2) is 7.99. The van der Waals surface area contributed by atoms with Crippen LogP contribution in [-0.4, -0.2) is 42.0 Å². The summed E-state index contributed by atoms with van der Waals surface area (Å²) < 4.78 is 57.1. The van der Waals surface area contributed by atoms with Crippen LogP contribution in [0.3, 0.4) is 0 Å². The molecule has 3 rings (SSSR count). The number of nitrogens with zero attached hydrogens (tertiary/aromatic N) is 2. The molecular formula is C18H19F4N3O2. The maximum Gasteiger partial charge on any atom is 0.419 e. The van der Waals surface area contributed by atoms with Crippen LogP contribution < -0.4 is 5.32 Å². The summed E-state index contributed by atoms with van der Waals surface area (Å²) in [5.74, 6) is -0.539. The second-order valence-electron chi connectivity index (χ2n) is 6.32. The molecule has 0 saturated carbocycles. The van der Waals surface area contributed by atoms with Crippen molar-refractivity contribution in [3.05, 3.63) is 53.7 Å². The minimum Gasteiger partial charge on any atom is -0.468 e. The van der Waals surface area contributed by atoms with E-state index in [0.29, 0.717) is 38.3 Å². The fraction of sp³-hybridized carbons (Fsp3) is 0.389. The number of hydrogen-bond donors (Lipinski definition) is 1. The van der Waals surface area contributed by atoms with Gasteiger partial charge in [-0.3, -0.25) is 4.90 Å². The van der Waals surface area contributed by atoms with Crippen LogP contribution in [0.5, 0.6) is 0 Å². The van der Waals surface area contributed by atoms with Gasteiger partial charge in [-0.05, 0) is 36.8 Å². The van der Waals surface area contributed by atoms with E-state index in [-0.39, 0.29) is 5.69 Å². The molecule has 1 saturated heterocycles. The molecule has 1 aromatic heterocycles. The van der Waals surface area contributed by atoms with Gasteiger partial charge in [-0.2, -0.15) is 13.2 Å². The van der Waals surface area contributed by atoms with Crippen molar-refractivity contribution in [2.45, 2.75) is 19.1 Å². The van der Waals surface area contributed by atoms with Gasteiger partial charge >= 0.3 is 12.2 Å². The van der Waals surface area contributed by atoms with Gasteiger partial charge in [0.25, 0.3) is 0 Å². The highest BCUT2D eigenvalue weighted by atomic mass is 19.4. The number of alkyl halides is 3. The van der Waals surface area contributed by atoms with E-state index < -0.39 is 23.6 Å². The van der Waals surface area contributed by atoms with Gasteiger partial charge in [0, 0.05) is 31.9 Å². The van der Waals surface area contributed by atoms with Crippen LogP contribution in [-0.2, 0) is 12.7 Å². The molecule has 0 aliphatic carbocycles. The van der Waals surface area contributed by atoms with Gasteiger partial charge in [0.05, 0.1) is 18.4 Å². The number of rotatable bonds is 3. The number of benzene rings is 1. The minimum absolute atomic E-state index is 0.0922. The lowest BCUT2D eigenvalue weighted by Crippen LogP contribution is -2.38. The van der Waals surface area contributed by atoms with Crippen molar-refractivity contribution in [2.75, 3.05) is 31.5 Å². The van der Waals surface area contributed by atoms with E-state index >= 15 is 0 Å². The van der Waals surface area contributed by atoms with Crippen molar-refractivity contribution >= 4 is 11.7 Å². The smallest absolute Gasteiger partial charge is 0.419 e. The van der Waals surface area contributed by atoms with Gasteiger partial charge in [-0.1, -0.05) is 0 Å². The van der Waals surface area contributed by atoms with Crippen molar-refractivity contribution in [1.82, 2.24) is 9.80 Å². The Hall–Kier alpha value is -2.55. The number of halogens is 4. The highest BCUT2D eigenvalue weighted by Gasteiger charge is 2.34. The highest BCUT2D eigenvalue weighted by Crippen LogP contribution is 2.33. The maximum absolute atomic E-state index is 13.4. The zero-order valence-corrected chi connectivity index (χ0v) is 14.4. The van der Waals surface area contributed by atoms with Crippen LogP contribution in [0.4, 0.5) is 28.0 Å². The molecule has 0 atom stereocenters. The molecule has 1 aromatic carbocycles. The normalized spacial score (nSPS) is 16.2. The monoisotopic (exact) mass is 385 g/mol. The molecule has 2 heterocycles. The van der Waals surface area contributed by atoms with E-state index in [1.54, 1.807) is 11.2 Å². The van der Waals surface area contributed by atoms with Gasteiger partial charge in [0.2, 0.25) is 0 Å². The van der Waals surface area contributed by atoms with Gasteiger partial charge in [-0.15, -0.1) is 0 Å². The van der Waals surface area contributed by atoms with Crippen molar-refractivity contribution in [2.24, 2.45) is 0 Å². The Morgan fingerprint density at radius 1 is 1.15 bits per heavy atom. The van der Waals surface area contributed by atoms with Crippen molar-refractivity contribution < 1.29 is 26.8 Å². The first-order valence-corrected chi connectivity index (χ1v) is 8.50. The fourth-order valence-corrected chi connectivity index (χ4v) is 2.98. The molecule has 0 spiro atoms. The summed E-state index contributed by atoms with van der Waals surface area (Å²) in [5.41, 5.74) is -1.49. The van der Waals surface area contributed by atoms with E-state index in [0.717, 1.165) is 24.8 Å². The first-order valence-electron chi connectivity index (χ1n) is 8.50. The summed E-state index contributed by atoms with van der Waals surface area (Å²) in [5, 5.41) is 2.42. The second-order valence-corrected chi connectivity index (χ2v) is 6.32. The molecule has 146 valence electrons. The first kappa shape index (κ1) is 19.2. The predicted molar refractivity (Wildman–Crippen MR) is 90.6 cm³/mol. The van der Waals surface area contributed by atoms with Gasteiger partial charge < -0.3 is 14.6 Å². The van der Waals surface area contributed by atoms with E-state index in [9.17, 15) is 22.4 Å². The standard InChI is InChI=1S/C18H19F4N3O2/c19-16-5-4-13(11-15(16)18(20,21)22)23-17(26)25-7-2-6-24(8-9-25)12-14-3-1-10-27-14/h1,3-5,10-11H,2,6-9,12H2,(H,23,26). The van der Waals surface area contributed by atoms with Gasteiger partial charge in [0.15, 0.2) is 0 Å². The van der Waals surface area contributed by atoms with E-state index in [4.69, 9.17) is 4.42 Å². The van der Waals surface area contributed by atoms with Crippen LogP contribution in [0, 0.1) is 5.82 Å². The molecular weight excluding hydrogens is 366 g/mol. The molecule has 27 heavy (non-hydrogen) atoms. The van der Waals surface area contributed by atoms with Gasteiger partial charge in [0.1, 0.15) is 11.6 Å². The Balaban J connectivity index is 1.60. The number of amides is 2. The molecule has 2 aromatic rings. The topological polar surface area (TPSA) is 48.7 Å². The van der Waals surface area contributed by atoms with Gasteiger partial charge in [-0.25, -0.2) is 9.18 Å². The third-order valence-corrected chi connectivity index (χ3v) is 4.36. The summed E-state index contributed by atoms with van der Waals surface area (Å²) in [6.07, 6.45) is -2.49. The molecule has 5 nitrogen and oxygen atoms in total. The number of urea groups is 1. The molecule has 0 unspecified atom stereocenters. The number of carbonyl (C=O) groups excluding carboxylic acids is 1. The summed E-state index contributed by atoms with van der Waals surface area (Å²) in [4.78, 5) is 16.1. The van der Waals surface area contributed by atoms with Crippen LogP contribution in [0.15, 0.2) is 41.0 Å². The first-order chi connectivity index (χ1) is 12.8. The van der Waals surface area contributed by atoms with E-state index in [1.807, 2.05) is 12.1 Å². The number of hydrogen-bond acceptors (Lipinski definition) is 3.